The number of aliphatic hydroxyl groups excluding tert-OH is 2. The molecule has 72 heavy (non-hydrogen) atoms. The lowest BCUT2D eigenvalue weighted by Crippen LogP contribution is -2.37. The third-order valence-corrected chi connectivity index (χ3v) is 12.0. The zero-order chi connectivity index (χ0) is 51.9. The summed E-state index contributed by atoms with van der Waals surface area (Å²) in [5.41, 5.74) is 5.35. The van der Waals surface area contributed by atoms with Crippen LogP contribution in [0.5, 0.6) is 23.0 Å². The number of nitrogens with zero attached hydrogens (tertiary/aromatic N) is 4. The number of pyridine rings is 2. The minimum absolute atomic E-state index is 0.0244. The van der Waals surface area contributed by atoms with Crippen LogP contribution in [-0.4, -0.2) is 67.6 Å². The van der Waals surface area contributed by atoms with Crippen LogP contribution in [0.3, 0.4) is 0 Å². The molecule has 16 nitrogen and oxygen atoms in total. The highest BCUT2D eigenvalue weighted by atomic mass is 35.5. The fraction of sp³-hybridized carbons (Fsp3) is 0.269. The molecule has 2 unspecified atom stereocenters. The van der Waals surface area contributed by atoms with Crippen molar-refractivity contribution in [1.82, 2.24) is 20.6 Å². The van der Waals surface area contributed by atoms with Crippen LogP contribution in [0.25, 0.3) is 11.1 Å². The number of halogens is 4. The molecule has 6 rings (SSSR count). The van der Waals surface area contributed by atoms with E-state index >= 15 is 8.78 Å². The Morgan fingerprint density at radius 2 is 0.972 bits per heavy atom. The highest BCUT2D eigenvalue weighted by molar-refractivity contribution is 6.32. The van der Waals surface area contributed by atoms with Crippen molar-refractivity contribution in [3.63, 3.8) is 0 Å². The van der Waals surface area contributed by atoms with Gasteiger partial charge in [-0.1, -0.05) is 23.2 Å². The smallest absolute Gasteiger partial charge is 0.320 e. The maximum Gasteiger partial charge on any atom is 0.320 e. The monoisotopic (exact) mass is 1020 g/mol. The van der Waals surface area contributed by atoms with Gasteiger partial charge in [-0.15, -0.1) is 0 Å². The lowest BCUT2D eigenvalue weighted by molar-refractivity contribution is -0.140. The van der Waals surface area contributed by atoms with Gasteiger partial charge in [0.1, 0.15) is 85.3 Å². The first-order valence-corrected chi connectivity index (χ1v) is 22.9. The molecule has 0 saturated carbocycles. The molecular formula is C52H48Cl2F2N6O10. The van der Waals surface area contributed by atoms with Crippen molar-refractivity contribution in [2.45, 2.75) is 78.3 Å². The molecule has 374 valence electrons. The molecule has 2 atom stereocenters. The number of benzene rings is 4. The number of hydrogen-bond acceptors (Lipinski definition) is 14. The van der Waals surface area contributed by atoms with E-state index < -0.39 is 35.7 Å². The Morgan fingerprint density at radius 1 is 0.583 bits per heavy atom. The second-order valence-electron chi connectivity index (χ2n) is 16.4. The number of hydrogen-bond donors (Lipinski definition) is 6. The Morgan fingerprint density at radius 3 is 1.33 bits per heavy atom. The Labute approximate surface area is 423 Å². The molecule has 0 bridgehead atoms. The fourth-order valence-corrected chi connectivity index (χ4v) is 7.97. The van der Waals surface area contributed by atoms with Crippen LogP contribution in [0.4, 0.5) is 8.78 Å². The molecule has 2 aromatic heterocycles. The van der Waals surface area contributed by atoms with E-state index in [2.05, 4.69) is 20.6 Å². The van der Waals surface area contributed by atoms with Crippen LogP contribution < -0.4 is 29.6 Å². The molecule has 2 heterocycles. The Balaban J connectivity index is 1.25. The highest BCUT2D eigenvalue weighted by Crippen LogP contribution is 2.38. The summed E-state index contributed by atoms with van der Waals surface area (Å²) >= 11 is 13.4. The lowest BCUT2D eigenvalue weighted by atomic mass is 9.91. The molecule has 0 aliphatic heterocycles. The van der Waals surface area contributed by atoms with Crippen molar-refractivity contribution in [1.29, 1.82) is 10.5 Å². The molecule has 0 spiro atoms. The van der Waals surface area contributed by atoms with E-state index in [0.717, 1.165) is 0 Å². The van der Waals surface area contributed by atoms with E-state index in [4.69, 9.17) is 42.1 Å². The summed E-state index contributed by atoms with van der Waals surface area (Å²) in [5, 5.41) is 62.7. The summed E-state index contributed by atoms with van der Waals surface area (Å²) in [7, 11) is 0. The van der Waals surface area contributed by atoms with Gasteiger partial charge in [0.2, 0.25) is 0 Å². The van der Waals surface area contributed by atoms with Crippen molar-refractivity contribution < 1.29 is 57.7 Å². The van der Waals surface area contributed by atoms with Gasteiger partial charge in [-0.25, -0.2) is 8.78 Å². The summed E-state index contributed by atoms with van der Waals surface area (Å²) in [6.07, 6.45) is 5.75. The van der Waals surface area contributed by atoms with E-state index in [1.54, 1.807) is 26.0 Å². The quantitative estimate of drug-likeness (QED) is 0.0316. The van der Waals surface area contributed by atoms with Gasteiger partial charge in [0.25, 0.3) is 0 Å². The number of carboxylic acids is 2. The van der Waals surface area contributed by atoms with Gasteiger partial charge in [-0.05, 0) is 109 Å². The van der Waals surface area contributed by atoms with Crippen LogP contribution >= 0.6 is 23.2 Å². The summed E-state index contributed by atoms with van der Waals surface area (Å²) in [5.74, 6) is -2.81. The van der Waals surface area contributed by atoms with Crippen LogP contribution in [0.2, 0.25) is 10.0 Å². The SMILES string of the molecule is Cc1c(COc2cc(OCc3cncc(C#N)c3)c(CNC(CCO)C(=O)O)cc2Cl)cc(F)cc1-c1cc(F)cc(COc2cc(OCc3cncc(C#N)c3)c(CNC(CCO)C(=O)O)cc2Cl)c1C. The lowest BCUT2D eigenvalue weighted by Gasteiger charge is -2.20. The maximum absolute atomic E-state index is 15.6. The van der Waals surface area contributed by atoms with Gasteiger partial charge in [0, 0.05) is 85.5 Å². The number of aromatic nitrogens is 2. The second kappa shape index (κ2) is 25.6. The van der Waals surface area contributed by atoms with E-state index in [1.165, 1.54) is 73.3 Å². The number of nitriles is 2. The molecule has 0 amide bonds. The molecule has 0 saturated heterocycles. The molecule has 0 aliphatic rings. The van der Waals surface area contributed by atoms with E-state index in [-0.39, 0.29) is 98.6 Å². The van der Waals surface area contributed by atoms with Crippen molar-refractivity contribution in [3.8, 4) is 46.3 Å². The molecular weight excluding hydrogens is 978 g/mol. The minimum atomic E-state index is -1.16. The van der Waals surface area contributed by atoms with Crippen molar-refractivity contribution in [2.24, 2.45) is 0 Å². The van der Waals surface area contributed by atoms with E-state index in [1.807, 2.05) is 12.1 Å². The molecule has 0 fully saturated rings. The first-order chi connectivity index (χ1) is 34.6. The topological polar surface area (TPSA) is 249 Å². The fourth-order valence-electron chi connectivity index (χ4n) is 7.49. The number of carboxylic acid groups (broad SMARTS) is 2. The predicted molar refractivity (Wildman–Crippen MR) is 259 cm³/mol. The third-order valence-electron chi connectivity index (χ3n) is 11.4. The summed E-state index contributed by atoms with van der Waals surface area (Å²) in [6.45, 7) is 2.24. The van der Waals surface area contributed by atoms with Crippen LogP contribution in [0.15, 0.2) is 85.5 Å². The average Bonchev–Trinajstić information content (AvgIpc) is 3.36. The molecule has 6 N–H and O–H groups in total. The van der Waals surface area contributed by atoms with Gasteiger partial charge in [-0.3, -0.25) is 19.6 Å². The predicted octanol–water partition coefficient (Wildman–Crippen LogP) is 8.26. The largest absolute Gasteiger partial charge is 0.488 e. The van der Waals surface area contributed by atoms with Gasteiger partial charge in [-0.2, -0.15) is 10.5 Å². The van der Waals surface area contributed by atoms with Gasteiger partial charge in [0.15, 0.2) is 0 Å². The zero-order valence-corrected chi connectivity index (χ0v) is 40.4. The number of aliphatic carboxylic acids is 2. The van der Waals surface area contributed by atoms with E-state index in [0.29, 0.717) is 66.8 Å². The van der Waals surface area contributed by atoms with Crippen LogP contribution in [0, 0.1) is 48.1 Å². The number of aliphatic hydroxyl groups is 2. The Hall–Kier alpha value is -7.42. The third kappa shape index (κ3) is 14.4. The second-order valence-corrected chi connectivity index (χ2v) is 17.2. The van der Waals surface area contributed by atoms with Gasteiger partial charge >= 0.3 is 11.9 Å². The standard InChI is InChI=1S/C52H48Cl2F2N6O10/c1-29-37(27-71-49-15-47(69-25-33-7-31(17-57)19-59-21-33)35(11-43(49)53)23-61-45(3-5-63)51(65)66)9-39(55)13-41(29)42-14-40(56)10-38(30(42)2)28-72-50-16-48(70-26-34-8-32(18-58)20-60-22-34)36(12-44(50)54)24-62-46(4-6-64)52(67)68/h7-16,19-22,45-46,61-64H,3-6,23-28H2,1-2H3,(H,65,66)(H,67,68). The van der Waals surface area contributed by atoms with Crippen molar-refractivity contribution in [2.75, 3.05) is 13.2 Å². The summed E-state index contributed by atoms with van der Waals surface area (Å²) in [4.78, 5) is 31.7. The first kappa shape index (κ1) is 53.9. The number of rotatable bonds is 25. The first-order valence-electron chi connectivity index (χ1n) is 22.2. The Kier molecular flexibility index (Phi) is 19.2. The van der Waals surface area contributed by atoms with Gasteiger partial charge < -0.3 is 50.0 Å². The zero-order valence-electron chi connectivity index (χ0n) is 38.8. The molecule has 20 heteroatoms. The number of nitrogens with one attached hydrogen (secondary N) is 2. The molecule has 4 aromatic carbocycles. The van der Waals surface area contributed by atoms with E-state index in [9.17, 15) is 40.5 Å². The van der Waals surface area contributed by atoms with Crippen LogP contribution in [0.1, 0.15) is 68.5 Å². The van der Waals surface area contributed by atoms with Gasteiger partial charge in [0.05, 0.1) is 21.2 Å². The molecule has 0 aliphatic carbocycles. The highest BCUT2D eigenvalue weighted by Gasteiger charge is 2.22. The van der Waals surface area contributed by atoms with Crippen LogP contribution in [-0.2, 0) is 49.1 Å². The number of carbonyl (C=O) groups is 2. The number of ether oxygens (including phenoxy) is 4. The normalized spacial score (nSPS) is 11.8. The maximum atomic E-state index is 15.6. The minimum Gasteiger partial charge on any atom is -0.488 e. The summed E-state index contributed by atoms with van der Waals surface area (Å²) < 4.78 is 55.8. The molecule has 6 aromatic rings. The average molecular weight is 1030 g/mol. The van der Waals surface area contributed by atoms with Crippen molar-refractivity contribution >= 4 is 35.1 Å². The summed E-state index contributed by atoms with van der Waals surface area (Å²) in [6, 6.07) is 16.3. The van der Waals surface area contributed by atoms with Crippen molar-refractivity contribution in [3.05, 3.63) is 163 Å². The Bertz CT molecular complexity index is 2820. The molecule has 0 radical (unpaired) electrons.